The van der Waals surface area contributed by atoms with E-state index in [0.717, 1.165) is 25.9 Å². The summed E-state index contributed by atoms with van der Waals surface area (Å²) in [5.74, 6) is -0.0334. The molecule has 0 N–H and O–H groups in total. The Labute approximate surface area is 165 Å². The predicted molar refractivity (Wildman–Crippen MR) is 104 cm³/mol. The van der Waals surface area contributed by atoms with Crippen LogP contribution in [-0.2, 0) is 9.53 Å². The van der Waals surface area contributed by atoms with Gasteiger partial charge in [-0.3, -0.25) is 4.79 Å². The Morgan fingerprint density at radius 1 is 1.27 bits per heavy atom. The second kappa shape index (κ2) is 9.01. The van der Waals surface area contributed by atoms with Gasteiger partial charge in [0.1, 0.15) is 9.98 Å². The van der Waals surface area contributed by atoms with E-state index < -0.39 is 5.97 Å². The topological polar surface area (TPSA) is 72.4 Å². The second-order valence-electron chi connectivity index (χ2n) is 5.93. The molecular weight excluding hydrogens is 394 g/mol. The van der Waals surface area contributed by atoms with Crippen LogP contribution in [0.1, 0.15) is 43.0 Å². The number of thiophene rings is 1. The van der Waals surface area contributed by atoms with E-state index in [1.165, 1.54) is 35.9 Å². The van der Waals surface area contributed by atoms with Crippen molar-refractivity contribution in [1.82, 2.24) is 14.9 Å². The van der Waals surface area contributed by atoms with Gasteiger partial charge in [0.05, 0.1) is 23.3 Å². The number of carbonyl (C=O) groups is 2. The molecule has 1 aliphatic heterocycles. The minimum absolute atomic E-state index is 0.107. The van der Waals surface area contributed by atoms with E-state index >= 15 is 0 Å². The number of ether oxygens (including phenoxy) is 1. The molecule has 2 aromatic heterocycles. The Morgan fingerprint density at radius 2 is 2.00 bits per heavy atom. The fourth-order valence-electron chi connectivity index (χ4n) is 2.84. The van der Waals surface area contributed by atoms with Crippen LogP contribution >= 0.6 is 34.7 Å². The standard InChI is InChI=1S/C17H20ClN3O3S2/c1-2-24-16(23)11-9-25-15-13(11)14(18)19-17(20-15)26-10-12(22)21-7-5-3-4-6-8-21/h9H,2-8,10H2,1H3. The molecule has 3 rings (SSSR count). The Balaban J connectivity index is 1.71. The largest absolute Gasteiger partial charge is 0.462 e. The molecule has 0 aliphatic carbocycles. The van der Waals surface area contributed by atoms with Crippen molar-refractivity contribution >= 4 is 56.8 Å². The fraction of sp³-hybridized carbons (Fsp3) is 0.529. The molecule has 9 heteroatoms. The summed E-state index contributed by atoms with van der Waals surface area (Å²) in [5, 5.41) is 2.85. The highest BCUT2D eigenvalue weighted by Gasteiger charge is 2.20. The van der Waals surface area contributed by atoms with Gasteiger partial charge in [0.2, 0.25) is 5.91 Å². The Morgan fingerprint density at radius 3 is 2.69 bits per heavy atom. The van der Waals surface area contributed by atoms with Crippen LogP contribution in [-0.4, -0.2) is 52.2 Å². The highest BCUT2D eigenvalue weighted by atomic mass is 35.5. The normalized spacial score (nSPS) is 15.1. The number of fused-ring (bicyclic) bond motifs is 1. The van der Waals surface area contributed by atoms with Gasteiger partial charge < -0.3 is 9.64 Å². The summed E-state index contributed by atoms with van der Waals surface area (Å²) in [6, 6.07) is 0. The summed E-state index contributed by atoms with van der Waals surface area (Å²) in [5.41, 5.74) is 0.383. The van der Waals surface area contributed by atoms with E-state index in [-0.39, 0.29) is 16.8 Å². The fourth-order valence-corrected chi connectivity index (χ4v) is 4.93. The first kappa shape index (κ1) is 19.4. The number of rotatable bonds is 5. The lowest BCUT2D eigenvalue weighted by molar-refractivity contribution is -0.128. The van der Waals surface area contributed by atoms with Gasteiger partial charge in [-0.15, -0.1) is 11.3 Å². The van der Waals surface area contributed by atoms with Gasteiger partial charge in [0.15, 0.2) is 5.16 Å². The summed E-state index contributed by atoms with van der Waals surface area (Å²) >= 11 is 8.87. The number of nitrogens with zero attached hydrogens (tertiary/aromatic N) is 3. The maximum atomic E-state index is 12.4. The average molecular weight is 414 g/mol. The molecule has 140 valence electrons. The Hall–Kier alpha value is -1.38. The molecule has 1 saturated heterocycles. The highest BCUT2D eigenvalue weighted by Crippen LogP contribution is 2.32. The molecule has 1 amide bonds. The minimum Gasteiger partial charge on any atom is -0.462 e. The molecule has 0 bridgehead atoms. The zero-order valence-electron chi connectivity index (χ0n) is 14.5. The van der Waals surface area contributed by atoms with Crippen molar-refractivity contribution in [2.45, 2.75) is 37.8 Å². The number of esters is 1. The number of amides is 1. The van der Waals surface area contributed by atoms with Crippen molar-refractivity contribution < 1.29 is 14.3 Å². The maximum Gasteiger partial charge on any atom is 0.339 e. The first-order chi connectivity index (χ1) is 12.6. The van der Waals surface area contributed by atoms with Crippen molar-refractivity contribution in [3.8, 4) is 0 Å². The van der Waals surface area contributed by atoms with Gasteiger partial charge in [-0.1, -0.05) is 36.2 Å². The van der Waals surface area contributed by atoms with Gasteiger partial charge in [-0.25, -0.2) is 14.8 Å². The molecule has 3 heterocycles. The molecule has 2 aromatic rings. The molecule has 26 heavy (non-hydrogen) atoms. The zero-order valence-corrected chi connectivity index (χ0v) is 16.9. The smallest absolute Gasteiger partial charge is 0.339 e. The summed E-state index contributed by atoms with van der Waals surface area (Å²) in [6.45, 7) is 3.70. The molecular formula is C17H20ClN3O3S2. The van der Waals surface area contributed by atoms with Crippen molar-refractivity contribution in [3.05, 3.63) is 16.1 Å². The van der Waals surface area contributed by atoms with Gasteiger partial charge in [-0.05, 0) is 19.8 Å². The van der Waals surface area contributed by atoms with E-state index in [1.807, 2.05) is 4.90 Å². The van der Waals surface area contributed by atoms with Crippen LogP contribution < -0.4 is 0 Å². The molecule has 0 aromatic carbocycles. The van der Waals surface area contributed by atoms with Crippen LogP contribution in [0.15, 0.2) is 10.5 Å². The minimum atomic E-state index is -0.430. The Bertz CT molecular complexity index is 804. The first-order valence-corrected chi connectivity index (χ1v) is 10.9. The first-order valence-electron chi connectivity index (χ1n) is 8.62. The predicted octanol–water partition coefficient (Wildman–Crippen LogP) is 4.02. The third-order valence-electron chi connectivity index (χ3n) is 4.15. The van der Waals surface area contributed by atoms with Gasteiger partial charge in [0.25, 0.3) is 0 Å². The van der Waals surface area contributed by atoms with E-state index in [9.17, 15) is 9.59 Å². The van der Waals surface area contributed by atoms with Crippen LogP contribution in [0.2, 0.25) is 5.15 Å². The molecule has 1 aliphatic rings. The number of thioether (sulfide) groups is 1. The van der Waals surface area contributed by atoms with Crippen LogP contribution in [0.5, 0.6) is 0 Å². The Kier molecular flexibility index (Phi) is 6.72. The quantitative estimate of drug-likeness (QED) is 0.319. The van der Waals surface area contributed by atoms with Crippen LogP contribution in [0.3, 0.4) is 0 Å². The van der Waals surface area contributed by atoms with E-state index in [0.29, 0.717) is 27.5 Å². The summed E-state index contributed by atoms with van der Waals surface area (Å²) in [6.07, 6.45) is 4.51. The third-order valence-corrected chi connectivity index (χ3v) is 6.13. The lowest BCUT2D eigenvalue weighted by atomic mass is 10.2. The zero-order chi connectivity index (χ0) is 18.5. The van der Waals surface area contributed by atoms with Gasteiger partial charge >= 0.3 is 5.97 Å². The van der Waals surface area contributed by atoms with Crippen molar-refractivity contribution in [2.24, 2.45) is 0 Å². The number of likely N-dealkylation sites (tertiary alicyclic amines) is 1. The van der Waals surface area contributed by atoms with Crippen LogP contribution in [0.4, 0.5) is 0 Å². The maximum absolute atomic E-state index is 12.4. The number of carbonyl (C=O) groups excluding carboxylic acids is 2. The van der Waals surface area contributed by atoms with Crippen molar-refractivity contribution in [3.63, 3.8) is 0 Å². The number of hydrogen-bond donors (Lipinski definition) is 0. The molecule has 6 nitrogen and oxygen atoms in total. The van der Waals surface area contributed by atoms with Gasteiger partial charge in [-0.2, -0.15) is 0 Å². The molecule has 0 unspecified atom stereocenters. The molecule has 0 atom stereocenters. The SMILES string of the molecule is CCOC(=O)c1csc2nc(SCC(=O)N3CCCCCC3)nc(Cl)c12. The lowest BCUT2D eigenvalue weighted by Gasteiger charge is -2.19. The lowest BCUT2D eigenvalue weighted by Crippen LogP contribution is -2.33. The van der Waals surface area contributed by atoms with E-state index in [4.69, 9.17) is 16.3 Å². The molecule has 0 spiro atoms. The van der Waals surface area contributed by atoms with Crippen molar-refractivity contribution in [1.29, 1.82) is 0 Å². The van der Waals surface area contributed by atoms with Gasteiger partial charge in [0, 0.05) is 18.5 Å². The average Bonchev–Trinajstić information content (AvgIpc) is 2.87. The second-order valence-corrected chi connectivity index (χ2v) is 8.09. The van der Waals surface area contributed by atoms with E-state index in [1.54, 1.807) is 12.3 Å². The highest BCUT2D eigenvalue weighted by molar-refractivity contribution is 7.99. The molecule has 1 fully saturated rings. The van der Waals surface area contributed by atoms with Crippen molar-refractivity contribution in [2.75, 3.05) is 25.4 Å². The number of hydrogen-bond acceptors (Lipinski definition) is 7. The number of aromatic nitrogens is 2. The summed E-state index contributed by atoms with van der Waals surface area (Å²) in [7, 11) is 0. The number of halogens is 1. The summed E-state index contributed by atoms with van der Waals surface area (Å²) < 4.78 is 5.03. The molecule has 0 radical (unpaired) electrons. The molecule has 0 saturated carbocycles. The third kappa shape index (κ3) is 4.47. The monoisotopic (exact) mass is 413 g/mol. The van der Waals surface area contributed by atoms with E-state index in [2.05, 4.69) is 9.97 Å². The van der Waals surface area contributed by atoms with Crippen LogP contribution in [0, 0.1) is 0 Å². The summed E-state index contributed by atoms with van der Waals surface area (Å²) in [4.78, 5) is 35.6. The van der Waals surface area contributed by atoms with Crippen LogP contribution in [0.25, 0.3) is 10.2 Å².